The molecular weight excluding hydrogens is 290 g/mol. The number of thioether (sulfide) groups is 1. The zero-order valence-electron chi connectivity index (χ0n) is 11.1. The quantitative estimate of drug-likeness (QED) is 0.746. The molecule has 7 heteroatoms. The second kappa shape index (κ2) is 5.72. The number of pyridine rings is 1. The number of hydrogen-bond donors (Lipinski definition) is 1. The molecule has 0 spiro atoms. The van der Waals surface area contributed by atoms with Crippen LogP contribution in [0.5, 0.6) is 0 Å². The maximum absolute atomic E-state index is 4.45. The van der Waals surface area contributed by atoms with Crippen LogP contribution in [0.25, 0.3) is 10.3 Å². The Hall–Kier alpha value is -1.73. The van der Waals surface area contributed by atoms with Crippen LogP contribution in [-0.2, 0) is 0 Å². The Morgan fingerprint density at radius 1 is 1.25 bits per heavy atom. The number of nitrogens with one attached hydrogen (secondary N) is 1. The Balaban J connectivity index is 1.92. The number of hydrogen-bond acceptors (Lipinski definition) is 7. The average molecular weight is 303 g/mol. The van der Waals surface area contributed by atoms with E-state index in [2.05, 4.69) is 32.2 Å². The standard InChI is InChI=1S/C13H13N5S2/c1-8(9-3-5-14-6-4-9)17-11-10-12(16-7-15-11)18-13(19-2)20-10/h3-8H,1-2H3,(H,15,16,17)/t8-/m0/s1. The van der Waals surface area contributed by atoms with E-state index in [4.69, 9.17) is 0 Å². The van der Waals surface area contributed by atoms with Crippen molar-refractivity contribution < 1.29 is 0 Å². The third-order valence-corrected chi connectivity index (χ3v) is 4.94. The number of aromatic nitrogens is 4. The van der Waals surface area contributed by atoms with Gasteiger partial charge >= 0.3 is 0 Å². The molecular formula is C13H13N5S2. The van der Waals surface area contributed by atoms with Crippen molar-refractivity contribution in [3.63, 3.8) is 0 Å². The van der Waals surface area contributed by atoms with Crippen LogP contribution in [-0.4, -0.2) is 26.2 Å². The molecule has 0 aliphatic heterocycles. The maximum atomic E-state index is 4.45. The zero-order chi connectivity index (χ0) is 13.9. The van der Waals surface area contributed by atoms with Gasteiger partial charge in [-0.15, -0.1) is 11.3 Å². The lowest BCUT2D eigenvalue weighted by atomic mass is 10.1. The molecule has 0 saturated heterocycles. The molecule has 3 heterocycles. The van der Waals surface area contributed by atoms with Crippen molar-refractivity contribution in [2.24, 2.45) is 0 Å². The van der Waals surface area contributed by atoms with Crippen molar-refractivity contribution in [3.05, 3.63) is 36.4 Å². The van der Waals surface area contributed by atoms with Crippen molar-refractivity contribution >= 4 is 39.3 Å². The van der Waals surface area contributed by atoms with Gasteiger partial charge in [0.05, 0.1) is 6.04 Å². The van der Waals surface area contributed by atoms with Gasteiger partial charge in [-0.25, -0.2) is 15.0 Å². The lowest BCUT2D eigenvalue weighted by Crippen LogP contribution is -2.08. The number of fused-ring (bicyclic) bond motifs is 1. The van der Waals surface area contributed by atoms with E-state index in [1.165, 1.54) is 5.56 Å². The SMILES string of the molecule is CSc1nc2ncnc(N[C@@H](C)c3ccncc3)c2s1. The second-order valence-electron chi connectivity index (χ2n) is 4.21. The molecule has 102 valence electrons. The molecule has 1 atom stereocenters. The predicted octanol–water partition coefficient (Wildman–Crippen LogP) is 3.38. The average Bonchev–Trinajstić information content (AvgIpc) is 2.92. The molecule has 0 aliphatic carbocycles. The highest BCUT2D eigenvalue weighted by Gasteiger charge is 2.12. The van der Waals surface area contributed by atoms with Crippen molar-refractivity contribution in [1.82, 2.24) is 19.9 Å². The van der Waals surface area contributed by atoms with Gasteiger partial charge < -0.3 is 5.32 Å². The molecule has 0 unspecified atom stereocenters. The summed E-state index contributed by atoms with van der Waals surface area (Å²) in [6.45, 7) is 2.10. The number of thiazole rings is 1. The number of nitrogens with zero attached hydrogens (tertiary/aromatic N) is 4. The van der Waals surface area contributed by atoms with Gasteiger partial charge in [0.25, 0.3) is 0 Å². The Bertz CT molecular complexity index is 713. The van der Waals surface area contributed by atoms with Gasteiger partial charge in [-0.05, 0) is 30.9 Å². The fourth-order valence-electron chi connectivity index (χ4n) is 1.87. The fourth-order valence-corrected chi connectivity index (χ4v) is 3.33. The molecule has 20 heavy (non-hydrogen) atoms. The monoisotopic (exact) mass is 303 g/mol. The van der Waals surface area contributed by atoms with Crippen molar-refractivity contribution in [2.75, 3.05) is 11.6 Å². The van der Waals surface area contributed by atoms with Crippen molar-refractivity contribution in [3.8, 4) is 0 Å². The lowest BCUT2D eigenvalue weighted by molar-refractivity contribution is 0.872. The van der Waals surface area contributed by atoms with Crippen LogP contribution < -0.4 is 5.32 Å². The highest BCUT2D eigenvalue weighted by molar-refractivity contribution is 8.00. The van der Waals surface area contributed by atoms with Crippen molar-refractivity contribution in [2.45, 2.75) is 17.3 Å². The number of anilines is 1. The topological polar surface area (TPSA) is 63.6 Å². The summed E-state index contributed by atoms with van der Waals surface area (Å²) >= 11 is 3.24. The van der Waals surface area contributed by atoms with E-state index < -0.39 is 0 Å². The minimum absolute atomic E-state index is 0.149. The van der Waals surface area contributed by atoms with Gasteiger partial charge in [0.2, 0.25) is 0 Å². The molecule has 3 aromatic rings. The molecule has 0 fully saturated rings. The first-order valence-electron chi connectivity index (χ1n) is 6.10. The Morgan fingerprint density at radius 3 is 2.80 bits per heavy atom. The molecule has 0 bridgehead atoms. The van der Waals surface area contributed by atoms with Crippen LogP contribution in [0.3, 0.4) is 0 Å². The molecule has 0 aliphatic rings. The van der Waals surface area contributed by atoms with Gasteiger partial charge in [0.1, 0.15) is 16.8 Å². The smallest absolute Gasteiger partial charge is 0.176 e. The van der Waals surface area contributed by atoms with E-state index in [9.17, 15) is 0 Å². The first-order valence-corrected chi connectivity index (χ1v) is 8.14. The van der Waals surface area contributed by atoms with E-state index in [-0.39, 0.29) is 6.04 Å². The summed E-state index contributed by atoms with van der Waals surface area (Å²) in [5.41, 5.74) is 1.92. The van der Waals surface area contributed by atoms with Gasteiger partial charge in [-0.1, -0.05) is 11.8 Å². The summed E-state index contributed by atoms with van der Waals surface area (Å²) in [5, 5.41) is 3.42. The second-order valence-corrected chi connectivity index (χ2v) is 6.26. The summed E-state index contributed by atoms with van der Waals surface area (Å²) in [5.74, 6) is 0.831. The van der Waals surface area contributed by atoms with Gasteiger partial charge in [0, 0.05) is 12.4 Å². The first-order chi connectivity index (χ1) is 9.78. The summed E-state index contributed by atoms with van der Waals surface area (Å²) in [7, 11) is 0. The molecule has 0 radical (unpaired) electrons. The maximum Gasteiger partial charge on any atom is 0.176 e. The van der Waals surface area contributed by atoms with Crippen LogP contribution in [0.15, 0.2) is 35.2 Å². The Kier molecular flexibility index (Phi) is 3.79. The van der Waals surface area contributed by atoms with E-state index >= 15 is 0 Å². The molecule has 0 saturated carbocycles. The lowest BCUT2D eigenvalue weighted by Gasteiger charge is -2.14. The highest BCUT2D eigenvalue weighted by Crippen LogP contribution is 2.32. The summed E-state index contributed by atoms with van der Waals surface area (Å²) < 4.78 is 2.00. The van der Waals surface area contributed by atoms with Crippen LogP contribution in [0.4, 0.5) is 5.82 Å². The minimum atomic E-state index is 0.149. The highest BCUT2D eigenvalue weighted by atomic mass is 32.2. The number of rotatable bonds is 4. The van der Waals surface area contributed by atoms with E-state index in [0.29, 0.717) is 0 Å². The Labute approximate surface area is 124 Å². The Morgan fingerprint density at radius 2 is 2.05 bits per heavy atom. The van der Waals surface area contributed by atoms with Gasteiger partial charge in [-0.2, -0.15) is 0 Å². The van der Waals surface area contributed by atoms with Crippen LogP contribution >= 0.6 is 23.1 Å². The summed E-state index contributed by atoms with van der Waals surface area (Å²) in [6.07, 6.45) is 7.15. The van der Waals surface area contributed by atoms with Gasteiger partial charge in [0.15, 0.2) is 9.99 Å². The van der Waals surface area contributed by atoms with E-state index in [1.807, 2.05) is 18.4 Å². The van der Waals surface area contributed by atoms with Crippen molar-refractivity contribution in [1.29, 1.82) is 0 Å². The fraction of sp³-hybridized carbons (Fsp3) is 0.231. The van der Waals surface area contributed by atoms with Crippen LogP contribution in [0, 0.1) is 0 Å². The predicted molar refractivity (Wildman–Crippen MR) is 83.3 cm³/mol. The third-order valence-electron chi connectivity index (χ3n) is 2.91. The molecule has 0 aromatic carbocycles. The molecule has 5 nitrogen and oxygen atoms in total. The van der Waals surface area contributed by atoms with Crippen LogP contribution in [0.2, 0.25) is 0 Å². The molecule has 0 amide bonds. The normalized spacial score (nSPS) is 12.5. The van der Waals surface area contributed by atoms with Crippen LogP contribution in [0.1, 0.15) is 18.5 Å². The molecule has 3 rings (SSSR count). The first kappa shape index (κ1) is 13.3. The summed E-state index contributed by atoms with van der Waals surface area (Å²) in [6, 6.07) is 4.14. The summed E-state index contributed by atoms with van der Waals surface area (Å²) in [4.78, 5) is 17.0. The minimum Gasteiger partial charge on any atom is -0.362 e. The molecule has 1 N–H and O–H groups in total. The largest absolute Gasteiger partial charge is 0.362 e. The zero-order valence-corrected chi connectivity index (χ0v) is 12.7. The third kappa shape index (κ3) is 2.59. The van der Waals surface area contributed by atoms with Gasteiger partial charge in [-0.3, -0.25) is 4.98 Å². The van der Waals surface area contributed by atoms with E-state index in [1.54, 1.807) is 41.8 Å². The molecule has 3 aromatic heterocycles. The van der Waals surface area contributed by atoms with E-state index in [0.717, 1.165) is 20.5 Å².